The van der Waals surface area contributed by atoms with Gasteiger partial charge in [0, 0.05) is 24.1 Å². The van der Waals surface area contributed by atoms with Gasteiger partial charge in [-0.25, -0.2) is 4.98 Å². The quantitative estimate of drug-likeness (QED) is 0.907. The second kappa shape index (κ2) is 4.47. The fraction of sp³-hybridized carbons (Fsp3) is 0.333. The summed E-state index contributed by atoms with van der Waals surface area (Å²) in [4.78, 5) is 4.10. The lowest BCUT2D eigenvalue weighted by Gasteiger charge is -2.24. The Morgan fingerprint density at radius 2 is 2.12 bits per heavy atom. The molecule has 2 aromatic rings. The molecule has 0 saturated carbocycles. The predicted octanol–water partition coefficient (Wildman–Crippen LogP) is 1.92. The lowest BCUT2D eigenvalue weighted by Crippen LogP contribution is -2.26. The molecule has 17 heavy (non-hydrogen) atoms. The zero-order valence-electron chi connectivity index (χ0n) is 9.76. The van der Waals surface area contributed by atoms with E-state index in [2.05, 4.69) is 10.1 Å². The van der Waals surface area contributed by atoms with Crippen molar-refractivity contribution in [1.82, 2.24) is 14.8 Å². The molecule has 5 heteroatoms. The molecule has 1 N–H and O–H groups in total. The predicted molar refractivity (Wildman–Crippen MR) is 65.7 cm³/mol. The molecular weight excluding hydrogens is 238 g/mol. The maximum absolute atomic E-state index is 10.5. The molecule has 1 unspecified atom stereocenters. The zero-order chi connectivity index (χ0) is 12.5. The highest BCUT2D eigenvalue weighted by molar-refractivity contribution is 6.31. The summed E-state index contributed by atoms with van der Waals surface area (Å²) in [5, 5.41) is 15.0. The Hall–Kier alpha value is -1.39. The molecule has 0 bridgehead atoms. The van der Waals surface area contributed by atoms with Gasteiger partial charge in [-0.3, -0.25) is 4.68 Å². The number of nitrogens with zero attached hydrogens (tertiary/aromatic N) is 3. The lowest BCUT2D eigenvalue weighted by molar-refractivity contribution is 0.0546. The molecule has 1 atom stereocenters. The number of aryl methyl sites for hydroxylation is 1. The molecule has 0 amide bonds. The van der Waals surface area contributed by atoms with Crippen molar-refractivity contribution in [1.29, 1.82) is 0 Å². The van der Waals surface area contributed by atoms with Gasteiger partial charge in [0.1, 0.15) is 12.2 Å². The van der Waals surface area contributed by atoms with Crippen LogP contribution in [0.3, 0.4) is 0 Å². The number of hydrogen-bond donors (Lipinski definition) is 1. The normalized spacial score (nSPS) is 14.6. The van der Waals surface area contributed by atoms with Crippen LogP contribution in [-0.4, -0.2) is 19.9 Å². The third-order valence-electron chi connectivity index (χ3n) is 2.76. The van der Waals surface area contributed by atoms with Crippen LogP contribution >= 0.6 is 11.6 Å². The summed E-state index contributed by atoms with van der Waals surface area (Å²) in [6, 6.07) is 7.28. The van der Waals surface area contributed by atoms with Gasteiger partial charge in [0.25, 0.3) is 0 Å². The van der Waals surface area contributed by atoms with Gasteiger partial charge in [-0.05, 0) is 13.0 Å². The van der Waals surface area contributed by atoms with Crippen LogP contribution in [0.15, 0.2) is 30.6 Å². The van der Waals surface area contributed by atoms with Crippen LogP contribution in [-0.2, 0) is 19.1 Å². The van der Waals surface area contributed by atoms with Gasteiger partial charge in [0.05, 0.1) is 5.60 Å². The Labute approximate surface area is 105 Å². The minimum Gasteiger partial charge on any atom is -0.385 e. The van der Waals surface area contributed by atoms with Crippen molar-refractivity contribution in [3.05, 3.63) is 47.0 Å². The molecule has 1 heterocycles. The molecule has 0 fully saturated rings. The first kappa shape index (κ1) is 12.1. The molecule has 0 aliphatic carbocycles. The minimum atomic E-state index is -1.06. The first-order valence-corrected chi connectivity index (χ1v) is 5.69. The van der Waals surface area contributed by atoms with Gasteiger partial charge in [0.15, 0.2) is 0 Å². The van der Waals surface area contributed by atoms with Crippen molar-refractivity contribution in [2.24, 2.45) is 7.05 Å². The summed E-state index contributed by atoms with van der Waals surface area (Å²) in [5.41, 5.74) is -0.358. The van der Waals surface area contributed by atoms with Crippen molar-refractivity contribution >= 4 is 11.6 Å². The Morgan fingerprint density at radius 1 is 1.41 bits per heavy atom. The molecule has 0 aliphatic rings. The van der Waals surface area contributed by atoms with Crippen LogP contribution in [0.25, 0.3) is 0 Å². The monoisotopic (exact) mass is 251 g/mol. The first-order valence-electron chi connectivity index (χ1n) is 5.31. The molecule has 0 saturated heterocycles. The van der Waals surface area contributed by atoms with Crippen LogP contribution in [0.2, 0.25) is 5.02 Å². The highest BCUT2D eigenvalue weighted by Gasteiger charge is 2.27. The highest BCUT2D eigenvalue weighted by atomic mass is 35.5. The third kappa shape index (κ3) is 2.48. The molecule has 0 aliphatic heterocycles. The van der Waals surface area contributed by atoms with Gasteiger partial charge >= 0.3 is 0 Å². The molecule has 0 spiro atoms. The molecule has 0 radical (unpaired) electrons. The number of aromatic nitrogens is 3. The summed E-state index contributed by atoms with van der Waals surface area (Å²) in [7, 11) is 1.80. The third-order valence-corrected chi connectivity index (χ3v) is 3.09. The number of hydrogen-bond acceptors (Lipinski definition) is 3. The fourth-order valence-electron chi connectivity index (χ4n) is 1.78. The van der Waals surface area contributed by atoms with E-state index in [4.69, 9.17) is 11.6 Å². The smallest absolute Gasteiger partial charge is 0.138 e. The van der Waals surface area contributed by atoms with E-state index >= 15 is 0 Å². The lowest BCUT2D eigenvalue weighted by atomic mass is 9.92. The van der Waals surface area contributed by atoms with Gasteiger partial charge in [-0.2, -0.15) is 5.10 Å². The number of benzene rings is 1. The second-order valence-electron chi connectivity index (χ2n) is 4.23. The minimum absolute atomic E-state index is 0.368. The van der Waals surface area contributed by atoms with E-state index in [-0.39, 0.29) is 0 Å². The summed E-state index contributed by atoms with van der Waals surface area (Å²) < 4.78 is 1.64. The van der Waals surface area contributed by atoms with E-state index in [9.17, 15) is 5.11 Å². The maximum Gasteiger partial charge on any atom is 0.138 e. The highest BCUT2D eigenvalue weighted by Crippen LogP contribution is 2.30. The molecule has 90 valence electrons. The molecule has 2 rings (SSSR count). The largest absolute Gasteiger partial charge is 0.385 e. The van der Waals surface area contributed by atoms with Gasteiger partial charge < -0.3 is 5.11 Å². The van der Waals surface area contributed by atoms with Crippen LogP contribution in [0.4, 0.5) is 0 Å². The van der Waals surface area contributed by atoms with Crippen LogP contribution in [0, 0.1) is 0 Å². The van der Waals surface area contributed by atoms with Gasteiger partial charge in [0.2, 0.25) is 0 Å². The molecule has 1 aromatic carbocycles. The summed E-state index contributed by atoms with van der Waals surface area (Å²) in [6.07, 6.45) is 1.84. The van der Waals surface area contributed by atoms with Crippen molar-refractivity contribution < 1.29 is 5.11 Å². The van der Waals surface area contributed by atoms with E-state index in [0.717, 1.165) is 5.82 Å². The maximum atomic E-state index is 10.5. The first-order chi connectivity index (χ1) is 8.00. The zero-order valence-corrected chi connectivity index (χ0v) is 10.5. The average molecular weight is 252 g/mol. The summed E-state index contributed by atoms with van der Waals surface area (Å²) in [6.45, 7) is 1.73. The topological polar surface area (TPSA) is 50.9 Å². The summed E-state index contributed by atoms with van der Waals surface area (Å²) >= 11 is 6.09. The number of halogens is 1. The Balaban J connectivity index is 2.31. The SMILES string of the molecule is Cn1ncnc1CC(C)(O)c1ccccc1Cl. The number of rotatable bonds is 3. The van der Waals surface area contributed by atoms with E-state index in [1.54, 1.807) is 24.7 Å². The van der Waals surface area contributed by atoms with E-state index in [1.807, 2.05) is 18.2 Å². The Bertz CT molecular complexity index is 522. The van der Waals surface area contributed by atoms with Crippen molar-refractivity contribution in [2.75, 3.05) is 0 Å². The second-order valence-corrected chi connectivity index (χ2v) is 4.64. The molecule has 4 nitrogen and oxygen atoms in total. The van der Waals surface area contributed by atoms with Crippen molar-refractivity contribution in [3.8, 4) is 0 Å². The van der Waals surface area contributed by atoms with Crippen molar-refractivity contribution in [3.63, 3.8) is 0 Å². The van der Waals surface area contributed by atoms with Crippen molar-refractivity contribution in [2.45, 2.75) is 18.9 Å². The van der Waals surface area contributed by atoms with E-state index < -0.39 is 5.60 Å². The number of aliphatic hydroxyl groups is 1. The van der Waals surface area contributed by atoms with E-state index in [0.29, 0.717) is 17.0 Å². The van der Waals surface area contributed by atoms with Crippen LogP contribution in [0.5, 0.6) is 0 Å². The van der Waals surface area contributed by atoms with Gasteiger partial charge in [-0.1, -0.05) is 29.8 Å². The van der Waals surface area contributed by atoms with Gasteiger partial charge in [-0.15, -0.1) is 0 Å². The standard InChI is InChI=1S/C12H14ClN3O/c1-12(17,7-11-14-8-15-16(11)2)9-5-3-4-6-10(9)13/h3-6,8,17H,7H2,1-2H3. The average Bonchev–Trinajstić information content (AvgIpc) is 2.64. The summed E-state index contributed by atoms with van der Waals surface area (Å²) in [5.74, 6) is 0.718. The molecular formula is C12H14ClN3O. The fourth-order valence-corrected chi connectivity index (χ4v) is 2.12. The van der Waals surface area contributed by atoms with Crippen LogP contribution in [0.1, 0.15) is 18.3 Å². The Kier molecular flexibility index (Phi) is 3.17. The molecule has 1 aromatic heterocycles. The van der Waals surface area contributed by atoms with E-state index in [1.165, 1.54) is 6.33 Å². The van der Waals surface area contributed by atoms with Crippen LogP contribution < -0.4 is 0 Å². The Morgan fingerprint density at radius 3 is 2.71 bits per heavy atom.